The van der Waals surface area contributed by atoms with Gasteiger partial charge in [-0.3, -0.25) is 10.1 Å². The molecule has 0 heterocycles. The van der Waals surface area contributed by atoms with Crippen molar-refractivity contribution in [1.82, 2.24) is 0 Å². The van der Waals surface area contributed by atoms with Crippen molar-refractivity contribution >= 4 is 11.4 Å². The fraction of sp³-hybridized carbons (Fsp3) is 0.400. The summed E-state index contributed by atoms with van der Waals surface area (Å²) in [5, 5.41) is 10.7. The minimum Gasteiger partial charge on any atom is -0.398 e. The summed E-state index contributed by atoms with van der Waals surface area (Å²) in [5.74, 6) is 0. The lowest BCUT2D eigenvalue weighted by molar-refractivity contribution is -0.385. The average Bonchev–Trinajstić information content (AvgIpc) is 2.16. The van der Waals surface area contributed by atoms with Gasteiger partial charge in [-0.15, -0.1) is 0 Å². The van der Waals surface area contributed by atoms with Crippen molar-refractivity contribution in [3.8, 4) is 0 Å². The molecule has 1 aromatic carbocycles. The summed E-state index contributed by atoms with van der Waals surface area (Å²) in [7, 11) is 0. The number of hydrogen-bond donors (Lipinski definition) is 1. The molecule has 0 aliphatic rings. The lowest BCUT2D eigenvalue weighted by atomic mass is 10.0. The standard InChI is InChI=1S/C10H14N2O2/c1-3-7-6-10(12(13)14)8(4-2)5-9(7)11/h5-6H,3-4,11H2,1-2H3. The van der Waals surface area contributed by atoms with Crippen LogP contribution in [0.5, 0.6) is 0 Å². The van der Waals surface area contributed by atoms with Crippen molar-refractivity contribution in [1.29, 1.82) is 0 Å². The summed E-state index contributed by atoms with van der Waals surface area (Å²) in [4.78, 5) is 10.4. The zero-order valence-electron chi connectivity index (χ0n) is 8.41. The van der Waals surface area contributed by atoms with Crippen LogP contribution < -0.4 is 5.73 Å². The Morgan fingerprint density at radius 2 is 1.86 bits per heavy atom. The predicted octanol–water partition coefficient (Wildman–Crippen LogP) is 2.30. The van der Waals surface area contributed by atoms with Crippen LogP contribution in [-0.2, 0) is 12.8 Å². The van der Waals surface area contributed by atoms with Gasteiger partial charge in [-0.1, -0.05) is 13.8 Å². The van der Waals surface area contributed by atoms with E-state index in [1.165, 1.54) is 0 Å². The first-order valence-corrected chi connectivity index (χ1v) is 4.65. The third-order valence-electron chi connectivity index (χ3n) is 2.30. The van der Waals surface area contributed by atoms with E-state index in [0.717, 1.165) is 12.0 Å². The number of nitrogens with two attached hydrogens (primary N) is 1. The number of nitro groups is 1. The Labute approximate surface area is 82.9 Å². The van der Waals surface area contributed by atoms with E-state index in [9.17, 15) is 10.1 Å². The molecule has 0 spiro atoms. The van der Waals surface area contributed by atoms with Gasteiger partial charge in [0.15, 0.2) is 0 Å². The van der Waals surface area contributed by atoms with E-state index in [4.69, 9.17) is 5.73 Å². The minimum absolute atomic E-state index is 0.179. The fourth-order valence-electron chi connectivity index (χ4n) is 1.45. The molecule has 1 rings (SSSR count). The van der Waals surface area contributed by atoms with E-state index >= 15 is 0 Å². The fourth-order valence-corrected chi connectivity index (χ4v) is 1.45. The van der Waals surface area contributed by atoms with Crippen LogP contribution in [0.3, 0.4) is 0 Å². The number of nitrogens with zero attached hydrogens (tertiary/aromatic N) is 1. The summed E-state index contributed by atoms with van der Waals surface area (Å²) >= 11 is 0. The molecule has 4 nitrogen and oxygen atoms in total. The van der Waals surface area contributed by atoms with Crippen molar-refractivity contribution in [3.05, 3.63) is 33.4 Å². The molecule has 0 saturated carbocycles. The molecule has 1 aromatic rings. The third-order valence-corrected chi connectivity index (χ3v) is 2.30. The van der Waals surface area contributed by atoms with Gasteiger partial charge >= 0.3 is 0 Å². The van der Waals surface area contributed by atoms with Crippen molar-refractivity contribution in [2.24, 2.45) is 0 Å². The smallest absolute Gasteiger partial charge is 0.272 e. The molecule has 14 heavy (non-hydrogen) atoms. The van der Waals surface area contributed by atoms with E-state index in [2.05, 4.69) is 0 Å². The Kier molecular flexibility index (Phi) is 3.06. The van der Waals surface area contributed by atoms with Crippen LogP contribution >= 0.6 is 0 Å². The maximum absolute atomic E-state index is 10.7. The third kappa shape index (κ3) is 1.84. The van der Waals surface area contributed by atoms with Crippen LogP contribution in [0.25, 0.3) is 0 Å². The summed E-state index contributed by atoms with van der Waals surface area (Å²) in [5.41, 5.74) is 8.12. The Hall–Kier alpha value is -1.58. The van der Waals surface area contributed by atoms with E-state index in [0.29, 0.717) is 17.7 Å². The SMILES string of the molecule is CCc1cc([N+](=O)[O-])c(CC)cc1N. The molecule has 0 bridgehead atoms. The maximum atomic E-state index is 10.7. The maximum Gasteiger partial charge on any atom is 0.272 e. The van der Waals surface area contributed by atoms with Crippen molar-refractivity contribution < 1.29 is 4.92 Å². The van der Waals surface area contributed by atoms with Crippen LogP contribution in [0.15, 0.2) is 12.1 Å². The highest BCUT2D eigenvalue weighted by Gasteiger charge is 2.14. The Balaban J connectivity index is 3.32. The molecule has 4 heteroatoms. The van der Waals surface area contributed by atoms with Crippen LogP contribution in [-0.4, -0.2) is 4.92 Å². The van der Waals surface area contributed by atoms with Crippen LogP contribution in [0.4, 0.5) is 11.4 Å². The summed E-state index contributed by atoms with van der Waals surface area (Å²) in [6.07, 6.45) is 1.35. The second-order valence-electron chi connectivity index (χ2n) is 3.14. The first-order valence-electron chi connectivity index (χ1n) is 4.65. The van der Waals surface area contributed by atoms with Gasteiger partial charge in [0.25, 0.3) is 5.69 Å². The number of hydrogen-bond acceptors (Lipinski definition) is 3. The van der Waals surface area contributed by atoms with Gasteiger partial charge in [0.2, 0.25) is 0 Å². The van der Waals surface area contributed by atoms with E-state index in [-0.39, 0.29) is 10.6 Å². The lowest BCUT2D eigenvalue weighted by Gasteiger charge is -2.06. The summed E-state index contributed by atoms with van der Waals surface area (Å²) in [6.45, 7) is 3.81. The molecule has 2 N–H and O–H groups in total. The van der Waals surface area contributed by atoms with Crippen LogP contribution in [0, 0.1) is 10.1 Å². The molecule has 0 atom stereocenters. The predicted molar refractivity (Wildman–Crippen MR) is 56.3 cm³/mol. The van der Waals surface area contributed by atoms with Gasteiger partial charge in [0.1, 0.15) is 0 Å². The van der Waals surface area contributed by atoms with E-state index in [1.807, 2.05) is 13.8 Å². The molecule has 0 saturated heterocycles. The van der Waals surface area contributed by atoms with E-state index in [1.54, 1.807) is 12.1 Å². The highest BCUT2D eigenvalue weighted by Crippen LogP contribution is 2.25. The molecule has 0 amide bonds. The lowest BCUT2D eigenvalue weighted by Crippen LogP contribution is -2.00. The largest absolute Gasteiger partial charge is 0.398 e. The van der Waals surface area contributed by atoms with Gasteiger partial charge < -0.3 is 5.73 Å². The number of benzene rings is 1. The number of nitro benzene ring substituents is 1. The molecule has 0 fully saturated rings. The van der Waals surface area contributed by atoms with Crippen LogP contribution in [0.1, 0.15) is 25.0 Å². The number of nitrogen functional groups attached to an aromatic ring is 1. The molecular weight excluding hydrogens is 180 g/mol. The van der Waals surface area contributed by atoms with Gasteiger partial charge in [-0.2, -0.15) is 0 Å². The molecule has 0 aliphatic carbocycles. The Morgan fingerprint density at radius 1 is 1.29 bits per heavy atom. The summed E-state index contributed by atoms with van der Waals surface area (Å²) < 4.78 is 0. The number of anilines is 1. The quantitative estimate of drug-likeness (QED) is 0.456. The number of rotatable bonds is 3. The normalized spacial score (nSPS) is 10.1. The molecule has 76 valence electrons. The second-order valence-corrected chi connectivity index (χ2v) is 3.14. The molecule has 0 aromatic heterocycles. The van der Waals surface area contributed by atoms with E-state index < -0.39 is 0 Å². The first kappa shape index (κ1) is 10.5. The van der Waals surface area contributed by atoms with Gasteiger partial charge in [-0.25, -0.2) is 0 Å². The van der Waals surface area contributed by atoms with Crippen molar-refractivity contribution in [2.75, 3.05) is 5.73 Å². The highest BCUT2D eigenvalue weighted by molar-refractivity contribution is 5.57. The van der Waals surface area contributed by atoms with Crippen molar-refractivity contribution in [2.45, 2.75) is 26.7 Å². The average molecular weight is 194 g/mol. The van der Waals surface area contributed by atoms with Crippen LogP contribution in [0.2, 0.25) is 0 Å². The first-order chi connectivity index (χ1) is 6.60. The number of aryl methyl sites for hydroxylation is 2. The highest BCUT2D eigenvalue weighted by atomic mass is 16.6. The van der Waals surface area contributed by atoms with Crippen molar-refractivity contribution in [3.63, 3.8) is 0 Å². The summed E-state index contributed by atoms with van der Waals surface area (Å²) in [6, 6.07) is 3.28. The zero-order chi connectivity index (χ0) is 10.7. The topological polar surface area (TPSA) is 69.2 Å². The second kappa shape index (κ2) is 4.09. The monoisotopic (exact) mass is 194 g/mol. The minimum atomic E-state index is -0.350. The zero-order valence-corrected chi connectivity index (χ0v) is 8.41. The van der Waals surface area contributed by atoms with Gasteiger partial charge in [0, 0.05) is 17.3 Å². The molecule has 0 radical (unpaired) electrons. The van der Waals surface area contributed by atoms with Gasteiger partial charge in [-0.05, 0) is 24.5 Å². The molecule has 0 unspecified atom stereocenters. The molecule has 0 aliphatic heterocycles. The molecular formula is C10H14N2O2. The van der Waals surface area contributed by atoms with Gasteiger partial charge in [0.05, 0.1) is 4.92 Å². The Morgan fingerprint density at radius 3 is 2.29 bits per heavy atom. The Bertz CT molecular complexity index is 361.